The van der Waals surface area contributed by atoms with Crippen LogP contribution < -0.4 is 0 Å². The van der Waals surface area contributed by atoms with Crippen LogP contribution in [0.4, 0.5) is 17.6 Å². The molecule has 0 radical (unpaired) electrons. The van der Waals surface area contributed by atoms with Gasteiger partial charge < -0.3 is 10.2 Å². The van der Waals surface area contributed by atoms with Gasteiger partial charge in [0.2, 0.25) is 0 Å². The number of nitrogens with zero attached hydrogens (tertiary/aromatic N) is 6. The molecule has 0 saturated heterocycles. The molecule has 0 spiro atoms. The molecule has 4 aliphatic rings. The highest BCUT2D eigenvalue weighted by Crippen LogP contribution is 2.50. The Morgan fingerprint density at radius 2 is 1.24 bits per heavy atom. The van der Waals surface area contributed by atoms with Crippen LogP contribution in [0.2, 0.25) is 0 Å². The molecule has 3 aromatic heterocycles. The van der Waals surface area contributed by atoms with Crippen molar-refractivity contribution in [3.63, 3.8) is 0 Å². The SMILES string of the molecule is Cc1cc(C(F)F)nc2c1C1=NC(=O)C(C(C3=C(O)C4Sc5nc(C(F)F)cc(C)c5C4=NC3=O)c3cnn(C)c3)=C(O)C1S2. The van der Waals surface area contributed by atoms with E-state index in [2.05, 4.69) is 25.1 Å². The first kappa shape index (κ1) is 29.4. The number of alkyl halides is 4. The van der Waals surface area contributed by atoms with Gasteiger partial charge in [-0.15, -0.1) is 0 Å². The van der Waals surface area contributed by atoms with E-state index < -0.39 is 64.0 Å². The summed E-state index contributed by atoms with van der Waals surface area (Å²) in [7, 11) is 1.60. The van der Waals surface area contributed by atoms with E-state index in [1.165, 1.54) is 29.2 Å². The van der Waals surface area contributed by atoms with Crippen molar-refractivity contribution < 1.29 is 37.4 Å². The molecule has 45 heavy (non-hydrogen) atoms. The van der Waals surface area contributed by atoms with Crippen molar-refractivity contribution in [1.29, 1.82) is 0 Å². The molecule has 2 atom stereocenters. The molecule has 3 aromatic rings. The standard InChI is InChI=1S/C29H20F4N6O4S2/c1-8-4-11(24(30)31)35-28-13(8)18-22(44-28)20(40)16(26(42)37-18)15(10-6-34-39(3)7-10)17-21(41)23-19(38-27(17)43)14-9(2)5-12(25(32)33)36-29(14)45-23/h4-7,15,22-25,40-41H,1-3H3. The van der Waals surface area contributed by atoms with Gasteiger partial charge >= 0.3 is 0 Å². The third kappa shape index (κ3) is 4.44. The fourth-order valence-corrected chi connectivity index (χ4v) is 8.57. The number of aliphatic hydroxyl groups is 2. The minimum Gasteiger partial charge on any atom is -0.510 e. The lowest BCUT2D eigenvalue weighted by molar-refractivity contribution is -0.115. The van der Waals surface area contributed by atoms with Crippen molar-refractivity contribution in [1.82, 2.24) is 19.7 Å². The van der Waals surface area contributed by atoms with Gasteiger partial charge in [0.1, 0.15) is 43.5 Å². The van der Waals surface area contributed by atoms with Gasteiger partial charge in [0.05, 0.1) is 34.7 Å². The molecular weight excluding hydrogens is 636 g/mol. The summed E-state index contributed by atoms with van der Waals surface area (Å²) in [4.78, 5) is 44.0. The van der Waals surface area contributed by atoms with E-state index in [9.17, 15) is 37.4 Å². The van der Waals surface area contributed by atoms with Crippen LogP contribution in [-0.4, -0.2) is 63.7 Å². The Morgan fingerprint density at radius 1 is 0.800 bits per heavy atom. The predicted octanol–water partition coefficient (Wildman–Crippen LogP) is 5.42. The lowest BCUT2D eigenvalue weighted by Crippen LogP contribution is -2.33. The maximum Gasteiger partial charge on any atom is 0.280 e. The Kier molecular flexibility index (Phi) is 6.78. The molecule has 7 rings (SSSR count). The molecule has 0 bridgehead atoms. The van der Waals surface area contributed by atoms with Crippen molar-refractivity contribution in [2.24, 2.45) is 17.0 Å². The van der Waals surface area contributed by atoms with E-state index in [0.717, 1.165) is 23.5 Å². The number of carbonyl (C=O) groups is 2. The molecule has 2 amide bonds. The molecule has 10 nitrogen and oxygen atoms in total. The molecule has 0 aliphatic carbocycles. The second kappa shape index (κ2) is 10.4. The third-order valence-electron chi connectivity index (χ3n) is 7.91. The van der Waals surface area contributed by atoms with Gasteiger partial charge in [-0.05, 0) is 37.1 Å². The first-order chi connectivity index (χ1) is 21.3. The number of fused-ring (bicyclic) bond motifs is 6. The summed E-state index contributed by atoms with van der Waals surface area (Å²) in [5, 5.41) is 25.8. The van der Waals surface area contributed by atoms with Crippen LogP contribution in [0.3, 0.4) is 0 Å². The lowest BCUT2D eigenvalue weighted by atomic mass is 9.80. The van der Waals surface area contributed by atoms with Crippen LogP contribution in [-0.2, 0) is 16.6 Å². The second-order valence-electron chi connectivity index (χ2n) is 10.8. The monoisotopic (exact) mass is 656 g/mol. The molecule has 2 N–H and O–H groups in total. The number of carbonyl (C=O) groups excluding carboxylic acids is 2. The van der Waals surface area contributed by atoms with Crippen LogP contribution in [0.15, 0.2) is 67.2 Å². The molecule has 7 heterocycles. The first-order valence-electron chi connectivity index (χ1n) is 13.4. The van der Waals surface area contributed by atoms with Crippen molar-refractivity contribution in [2.75, 3.05) is 0 Å². The van der Waals surface area contributed by atoms with Crippen molar-refractivity contribution in [3.05, 3.63) is 86.4 Å². The molecule has 2 unspecified atom stereocenters. The summed E-state index contributed by atoms with van der Waals surface area (Å²) in [5.41, 5.74) is 0.494. The number of aryl methyl sites for hydroxylation is 3. The van der Waals surface area contributed by atoms with Gasteiger partial charge in [-0.1, -0.05) is 23.5 Å². The van der Waals surface area contributed by atoms with E-state index in [1.54, 1.807) is 20.9 Å². The molecule has 16 heteroatoms. The molecule has 230 valence electrons. The van der Waals surface area contributed by atoms with Gasteiger partial charge in [-0.25, -0.2) is 37.5 Å². The fraction of sp³-hybridized carbons (Fsp3) is 0.276. The van der Waals surface area contributed by atoms with Gasteiger partial charge in [-0.3, -0.25) is 14.3 Å². The highest BCUT2D eigenvalue weighted by atomic mass is 32.2. The normalized spacial score (nSPS) is 21.3. The summed E-state index contributed by atoms with van der Waals surface area (Å²) in [6.07, 6.45) is -2.82. The van der Waals surface area contributed by atoms with Gasteiger partial charge in [0.15, 0.2) is 0 Å². The average molecular weight is 657 g/mol. The van der Waals surface area contributed by atoms with Gasteiger partial charge in [0, 0.05) is 29.9 Å². The number of hydrogen-bond donors (Lipinski definition) is 2. The number of aliphatic imine (C=N–C) groups is 2. The van der Waals surface area contributed by atoms with Gasteiger partial charge in [-0.2, -0.15) is 5.10 Å². The Hall–Kier alpha value is -4.31. The Balaban J connectivity index is 1.36. The Bertz CT molecular complexity index is 1880. The zero-order chi connectivity index (χ0) is 32.1. The quantitative estimate of drug-likeness (QED) is 0.344. The minimum absolute atomic E-state index is 0.142. The van der Waals surface area contributed by atoms with E-state index in [-0.39, 0.29) is 38.2 Å². The Labute approximate surface area is 260 Å². The number of halogens is 4. The number of pyridine rings is 2. The van der Waals surface area contributed by atoms with Gasteiger partial charge in [0.25, 0.3) is 24.7 Å². The number of amides is 2. The van der Waals surface area contributed by atoms with Crippen molar-refractivity contribution >= 4 is 46.8 Å². The van der Waals surface area contributed by atoms with E-state index in [0.29, 0.717) is 22.3 Å². The van der Waals surface area contributed by atoms with Crippen LogP contribution in [0.25, 0.3) is 0 Å². The van der Waals surface area contributed by atoms with Crippen LogP contribution >= 0.6 is 23.5 Å². The highest BCUT2D eigenvalue weighted by molar-refractivity contribution is 8.01. The summed E-state index contributed by atoms with van der Waals surface area (Å²) < 4.78 is 55.3. The Morgan fingerprint density at radius 3 is 1.62 bits per heavy atom. The van der Waals surface area contributed by atoms with Crippen molar-refractivity contribution in [2.45, 2.75) is 53.2 Å². The highest BCUT2D eigenvalue weighted by Gasteiger charge is 2.49. The van der Waals surface area contributed by atoms with Crippen molar-refractivity contribution in [3.8, 4) is 0 Å². The molecular formula is C29H20F4N6O4S2. The summed E-state index contributed by atoms with van der Waals surface area (Å²) in [5.74, 6) is -4.18. The van der Waals surface area contributed by atoms with Crippen LogP contribution in [0, 0.1) is 13.8 Å². The number of aliphatic hydroxyl groups excluding tert-OH is 2. The summed E-state index contributed by atoms with van der Waals surface area (Å²) in [6.45, 7) is 3.16. The largest absolute Gasteiger partial charge is 0.510 e. The fourth-order valence-electron chi connectivity index (χ4n) is 6.00. The number of aromatic nitrogens is 4. The molecule has 0 aromatic carbocycles. The maximum absolute atomic E-state index is 13.8. The topological polar surface area (TPSA) is 143 Å². The lowest BCUT2D eigenvalue weighted by Gasteiger charge is -2.28. The second-order valence-corrected chi connectivity index (χ2v) is 13.0. The zero-order valence-electron chi connectivity index (χ0n) is 23.4. The number of rotatable bonds is 5. The number of hydrogen-bond acceptors (Lipinski definition) is 9. The molecule has 4 aliphatic heterocycles. The number of thioether (sulfide) groups is 2. The van der Waals surface area contributed by atoms with E-state index >= 15 is 0 Å². The van der Waals surface area contributed by atoms with E-state index in [4.69, 9.17) is 0 Å². The maximum atomic E-state index is 13.8. The minimum atomic E-state index is -2.84. The molecule has 0 fully saturated rings. The predicted molar refractivity (Wildman–Crippen MR) is 155 cm³/mol. The first-order valence-corrected chi connectivity index (χ1v) is 15.1. The van der Waals surface area contributed by atoms with Crippen LogP contribution in [0.5, 0.6) is 0 Å². The summed E-state index contributed by atoms with van der Waals surface area (Å²) in [6, 6.07) is 2.40. The van der Waals surface area contributed by atoms with Crippen LogP contribution in [0.1, 0.15) is 58.0 Å². The van der Waals surface area contributed by atoms with E-state index in [1.807, 2.05) is 0 Å². The average Bonchev–Trinajstić information content (AvgIpc) is 3.67. The number of dihydropyridines is 2. The third-order valence-corrected chi connectivity index (χ3v) is 10.3. The summed E-state index contributed by atoms with van der Waals surface area (Å²) >= 11 is 1.87. The molecule has 0 saturated carbocycles. The zero-order valence-corrected chi connectivity index (χ0v) is 25.1. The smallest absolute Gasteiger partial charge is 0.280 e.